The van der Waals surface area contributed by atoms with Crippen LogP contribution in [0.1, 0.15) is 23.7 Å². The third-order valence-electron chi connectivity index (χ3n) is 2.16. The fraction of sp³-hybridized carbons (Fsp3) is 0.417. The van der Waals surface area contributed by atoms with E-state index in [1.165, 1.54) is 6.07 Å². The van der Waals surface area contributed by atoms with E-state index < -0.39 is 5.97 Å². The van der Waals surface area contributed by atoms with Crippen molar-refractivity contribution in [3.05, 3.63) is 23.8 Å². The Morgan fingerprint density at radius 2 is 2.18 bits per heavy atom. The summed E-state index contributed by atoms with van der Waals surface area (Å²) in [6.45, 7) is 3.55. The molecule has 0 aliphatic heterocycles. The molecule has 0 bridgehead atoms. The Morgan fingerprint density at radius 1 is 1.41 bits per heavy atom. The normalized spacial score (nSPS) is 10.2. The molecule has 17 heavy (non-hydrogen) atoms. The lowest BCUT2D eigenvalue weighted by molar-refractivity contribution is 0.0691. The topological polar surface area (TPSA) is 81.8 Å². The van der Waals surface area contributed by atoms with Crippen molar-refractivity contribution in [1.82, 2.24) is 0 Å². The smallest absolute Gasteiger partial charge is 0.339 e. The molecule has 1 aromatic carbocycles. The summed E-state index contributed by atoms with van der Waals surface area (Å²) in [6, 6.07) is 4.67. The molecule has 0 fully saturated rings. The number of hydrogen-bond acceptors (Lipinski definition) is 4. The number of ether oxygens (including phenoxy) is 2. The lowest BCUT2D eigenvalue weighted by Crippen LogP contribution is -2.08. The minimum absolute atomic E-state index is 0.0846. The van der Waals surface area contributed by atoms with Gasteiger partial charge in [-0.25, -0.2) is 4.79 Å². The van der Waals surface area contributed by atoms with Gasteiger partial charge in [0.1, 0.15) is 5.56 Å². The first kappa shape index (κ1) is 13.3. The third kappa shape index (κ3) is 3.96. The molecule has 0 unspecified atom stereocenters. The number of para-hydroxylation sites is 1. The first-order valence-corrected chi connectivity index (χ1v) is 5.49. The van der Waals surface area contributed by atoms with E-state index in [1.807, 2.05) is 6.92 Å². The van der Waals surface area contributed by atoms with Gasteiger partial charge in [0, 0.05) is 19.6 Å². The predicted octanol–water partition coefficient (Wildman–Crippen LogP) is 1.77. The number of hydrogen-bond donors (Lipinski definition) is 2. The van der Waals surface area contributed by atoms with Gasteiger partial charge in [-0.3, -0.25) is 0 Å². The predicted molar refractivity (Wildman–Crippen MR) is 64.4 cm³/mol. The van der Waals surface area contributed by atoms with E-state index >= 15 is 0 Å². The Balaban J connectivity index is 2.60. The first-order chi connectivity index (χ1) is 8.16. The van der Waals surface area contributed by atoms with Crippen LogP contribution >= 0.6 is 0 Å². The molecule has 0 saturated carbocycles. The molecule has 0 spiro atoms. The average Bonchev–Trinajstić information content (AvgIpc) is 2.30. The molecule has 5 nitrogen and oxygen atoms in total. The number of nitrogens with two attached hydrogens (primary N) is 1. The van der Waals surface area contributed by atoms with Crippen LogP contribution < -0.4 is 10.5 Å². The maximum Gasteiger partial charge on any atom is 0.339 e. The van der Waals surface area contributed by atoms with Crippen molar-refractivity contribution in [1.29, 1.82) is 0 Å². The van der Waals surface area contributed by atoms with Gasteiger partial charge >= 0.3 is 5.97 Å². The number of nitrogen functional groups attached to an aromatic ring is 1. The Labute approximate surface area is 100 Å². The van der Waals surface area contributed by atoms with E-state index in [9.17, 15) is 4.79 Å². The summed E-state index contributed by atoms with van der Waals surface area (Å²) in [7, 11) is 0. The summed E-state index contributed by atoms with van der Waals surface area (Å²) < 4.78 is 10.5. The Kier molecular flexibility index (Phi) is 5.29. The molecule has 0 atom stereocenters. The number of benzene rings is 1. The van der Waals surface area contributed by atoms with E-state index in [0.717, 1.165) is 0 Å². The highest BCUT2D eigenvalue weighted by atomic mass is 16.5. The maximum absolute atomic E-state index is 10.9. The van der Waals surface area contributed by atoms with E-state index in [0.29, 0.717) is 31.9 Å². The Morgan fingerprint density at radius 3 is 2.82 bits per heavy atom. The summed E-state index contributed by atoms with van der Waals surface area (Å²) >= 11 is 0. The monoisotopic (exact) mass is 239 g/mol. The van der Waals surface area contributed by atoms with Crippen LogP contribution in [0, 0.1) is 0 Å². The standard InChI is InChI=1S/C12H17NO4/c1-2-16-7-4-8-17-11-9(12(14)15)5-3-6-10(11)13/h3,5-6H,2,4,7-8,13H2,1H3,(H,14,15). The van der Waals surface area contributed by atoms with Crippen molar-refractivity contribution in [2.24, 2.45) is 0 Å². The van der Waals surface area contributed by atoms with E-state index in [2.05, 4.69) is 0 Å². The molecule has 0 aliphatic rings. The first-order valence-electron chi connectivity index (χ1n) is 5.49. The zero-order valence-corrected chi connectivity index (χ0v) is 9.81. The fourth-order valence-corrected chi connectivity index (χ4v) is 1.36. The van der Waals surface area contributed by atoms with Gasteiger partial charge < -0.3 is 20.3 Å². The van der Waals surface area contributed by atoms with Gasteiger partial charge in [0.15, 0.2) is 5.75 Å². The summed E-state index contributed by atoms with van der Waals surface area (Å²) in [5, 5.41) is 8.97. The van der Waals surface area contributed by atoms with Crippen molar-refractivity contribution >= 4 is 11.7 Å². The van der Waals surface area contributed by atoms with Crippen LogP contribution in [0.15, 0.2) is 18.2 Å². The largest absolute Gasteiger partial charge is 0.490 e. The minimum Gasteiger partial charge on any atom is -0.490 e. The SMILES string of the molecule is CCOCCCOc1c(N)cccc1C(=O)O. The molecule has 0 saturated heterocycles. The third-order valence-corrected chi connectivity index (χ3v) is 2.16. The van der Waals surface area contributed by atoms with Crippen molar-refractivity contribution in [2.75, 3.05) is 25.6 Å². The lowest BCUT2D eigenvalue weighted by Gasteiger charge is -2.11. The summed E-state index contributed by atoms with van der Waals surface area (Å²) in [6.07, 6.45) is 0.696. The second-order valence-electron chi connectivity index (χ2n) is 3.43. The maximum atomic E-state index is 10.9. The second kappa shape index (κ2) is 6.75. The molecule has 0 amide bonds. The molecule has 0 heterocycles. The van der Waals surface area contributed by atoms with Gasteiger partial charge in [-0.15, -0.1) is 0 Å². The number of aromatic carboxylic acids is 1. The van der Waals surface area contributed by atoms with Gasteiger partial charge in [0.25, 0.3) is 0 Å². The molecule has 0 aromatic heterocycles. The number of carboxylic acid groups (broad SMARTS) is 1. The van der Waals surface area contributed by atoms with Crippen LogP contribution in [-0.2, 0) is 4.74 Å². The number of carbonyl (C=O) groups is 1. The van der Waals surface area contributed by atoms with Crippen LogP contribution in [0.4, 0.5) is 5.69 Å². The summed E-state index contributed by atoms with van der Waals surface area (Å²) in [5.41, 5.74) is 6.10. The molecular weight excluding hydrogens is 222 g/mol. The van der Waals surface area contributed by atoms with Crippen LogP contribution in [0.25, 0.3) is 0 Å². The minimum atomic E-state index is -1.04. The molecule has 3 N–H and O–H groups in total. The lowest BCUT2D eigenvalue weighted by atomic mass is 10.2. The Bertz CT molecular complexity index is 379. The highest BCUT2D eigenvalue weighted by molar-refractivity contribution is 5.93. The zero-order valence-electron chi connectivity index (χ0n) is 9.81. The molecule has 94 valence electrons. The molecule has 0 aliphatic carbocycles. The van der Waals surface area contributed by atoms with Crippen LogP contribution in [0.3, 0.4) is 0 Å². The fourth-order valence-electron chi connectivity index (χ4n) is 1.36. The number of rotatable bonds is 7. The van der Waals surface area contributed by atoms with E-state index in [-0.39, 0.29) is 11.3 Å². The summed E-state index contributed by atoms with van der Waals surface area (Å²) in [4.78, 5) is 10.9. The average molecular weight is 239 g/mol. The number of carboxylic acids is 1. The molecule has 5 heteroatoms. The van der Waals surface area contributed by atoms with Crippen LogP contribution in [0.5, 0.6) is 5.75 Å². The van der Waals surface area contributed by atoms with Crippen molar-refractivity contribution in [3.8, 4) is 5.75 Å². The molecule has 1 aromatic rings. The van der Waals surface area contributed by atoms with Gasteiger partial charge in [-0.05, 0) is 19.1 Å². The molecule has 0 radical (unpaired) electrons. The van der Waals surface area contributed by atoms with Gasteiger partial charge in [0.2, 0.25) is 0 Å². The van der Waals surface area contributed by atoms with Gasteiger partial charge in [-0.2, -0.15) is 0 Å². The van der Waals surface area contributed by atoms with E-state index in [4.69, 9.17) is 20.3 Å². The van der Waals surface area contributed by atoms with Crippen LogP contribution in [-0.4, -0.2) is 30.9 Å². The highest BCUT2D eigenvalue weighted by Crippen LogP contribution is 2.26. The van der Waals surface area contributed by atoms with Crippen molar-refractivity contribution < 1.29 is 19.4 Å². The summed E-state index contributed by atoms with van der Waals surface area (Å²) in [5.74, 6) is -0.811. The molecule has 1 rings (SSSR count). The van der Waals surface area contributed by atoms with Crippen molar-refractivity contribution in [2.45, 2.75) is 13.3 Å². The quantitative estimate of drug-likeness (QED) is 0.559. The van der Waals surface area contributed by atoms with E-state index in [1.54, 1.807) is 12.1 Å². The van der Waals surface area contributed by atoms with Crippen LogP contribution in [0.2, 0.25) is 0 Å². The van der Waals surface area contributed by atoms with Crippen molar-refractivity contribution in [3.63, 3.8) is 0 Å². The van der Waals surface area contributed by atoms with Gasteiger partial charge in [0.05, 0.1) is 12.3 Å². The highest BCUT2D eigenvalue weighted by Gasteiger charge is 2.13. The Hall–Kier alpha value is -1.75. The zero-order chi connectivity index (χ0) is 12.7. The van der Waals surface area contributed by atoms with Gasteiger partial charge in [-0.1, -0.05) is 6.07 Å². The second-order valence-corrected chi connectivity index (χ2v) is 3.43. The number of anilines is 1. The molecular formula is C12H17NO4.